The molecule has 2 aromatic carbocycles. The summed E-state index contributed by atoms with van der Waals surface area (Å²) >= 11 is 0. The SMILES string of the molecule is O=C(O)NCCc1cccc(-c2cc3ccccc3c(Nc3cnccn3)n2)c1. The second-order valence-corrected chi connectivity index (χ2v) is 6.48. The van der Waals surface area contributed by atoms with Crippen LogP contribution in [0.4, 0.5) is 16.4 Å². The first kappa shape index (κ1) is 18.4. The fraction of sp³-hybridized carbons (Fsp3) is 0.0909. The number of hydrogen-bond acceptors (Lipinski definition) is 5. The summed E-state index contributed by atoms with van der Waals surface area (Å²) in [6.45, 7) is 0.365. The van der Waals surface area contributed by atoms with Crippen LogP contribution in [0.3, 0.4) is 0 Å². The number of nitrogens with one attached hydrogen (secondary N) is 2. The van der Waals surface area contributed by atoms with Gasteiger partial charge in [0, 0.05) is 29.9 Å². The van der Waals surface area contributed by atoms with Gasteiger partial charge in [0.25, 0.3) is 0 Å². The number of hydrogen-bond donors (Lipinski definition) is 3. The van der Waals surface area contributed by atoms with Gasteiger partial charge in [-0.3, -0.25) is 4.98 Å². The molecule has 144 valence electrons. The monoisotopic (exact) mass is 385 g/mol. The van der Waals surface area contributed by atoms with E-state index in [1.54, 1.807) is 18.6 Å². The highest BCUT2D eigenvalue weighted by Crippen LogP contribution is 2.29. The van der Waals surface area contributed by atoms with Gasteiger partial charge < -0.3 is 15.7 Å². The Morgan fingerprint density at radius 3 is 2.76 bits per heavy atom. The molecule has 0 atom stereocenters. The van der Waals surface area contributed by atoms with E-state index in [9.17, 15) is 4.79 Å². The van der Waals surface area contributed by atoms with Crippen molar-refractivity contribution in [3.8, 4) is 11.3 Å². The van der Waals surface area contributed by atoms with Gasteiger partial charge in [-0.1, -0.05) is 42.5 Å². The highest BCUT2D eigenvalue weighted by Gasteiger charge is 2.09. The molecule has 7 nitrogen and oxygen atoms in total. The van der Waals surface area contributed by atoms with Crippen LogP contribution in [0.1, 0.15) is 5.56 Å². The van der Waals surface area contributed by atoms with E-state index in [4.69, 9.17) is 10.1 Å². The molecule has 3 N–H and O–H groups in total. The Morgan fingerprint density at radius 2 is 1.93 bits per heavy atom. The summed E-state index contributed by atoms with van der Waals surface area (Å²) in [6.07, 6.45) is 4.50. The number of amides is 1. The number of benzene rings is 2. The van der Waals surface area contributed by atoms with Crippen molar-refractivity contribution < 1.29 is 9.90 Å². The molecule has 7 heteroatoms. The lowest BCUT2D eigenvalue weighted by Gasteiger charge is -2.12. The van der Waals surface area contributed by atoms with Crippen LogP contribution in [-0.2, 0) is 6.42 Å². The molecule has 0 unspecified atom stereocenters. The molecule has 0 fully saturated rings. The highest BCUT2D eigenvalue weighted by atomic mass is 16.4. The lowest BCUT2D eigenvalue weighted by molar-refractivity contribution is 0.194. The maximum atomic E-state index is 10.7. The summed E-state index contributed by atoms with van der Waals surface area (Å²) in [6, 6.07) is 18.0. The first-order valence-electron chi connectivity index (χ1n) is 9.18. The average Bonchev–Trinajstić information content (AvgIpc) is 2.74. The number of anilines is 2. The van der Waals surface area contributed by atoms with Crippen molar-refractivity contribution in [1.82, 2.24) is 20.3 Å². The second-order valence-electron chi connectivity index (χ2n) is 6.48. The minimum absolute atomic E-state index is 0.365. The number of fused-ring (bicyclic) bond motifs is 1. The van der Waals surface area contributed by atoms with E-state index in [0.29, 0.717) is 24.6 Å². The fourth-order valence-electron chi connectivity index (χ4n) is 3.13. The Balaban J connectivity index is 1.70. The molecule has 0 saturated carbocycles. The van der Waals surface area contributed by atoms with E-state index >= 15 is 0 Å². The molecule has 2 aromatic heterocycles. The van der Waals surface area contributed by atoms with Crippen LogP contribution >= 0.6 is 0 Å². The molecule has 1 amide bonds. The number of carbonyl (C=O) groups is 1. The summed E-state index contributed by atoms with van der Waals surface area (Å²) in [5.41, 5.74) is 2.82. The van der Waals surface area contributed by atoms with E-state index in [2.05, 4.69) is 20.6 Å². The van der Waals surface area contributed by atoms with Gasteiger partial charge in [-0.05, 0) is 29.5 Å². The topological polar surface area (TPSA) is 100 Å². The van der Waals surface area contributed by atoms with Crippen LogP contribution in [0.2, 0.25) is 0 Å². The van der Waals surface area contributed by atoms with E-state index in [0.717, 1.165) is 27.6 Å². The molecule has 0 aliphatic heterocycles. The Hall–Kier alpha value is -4.00. The van der Waals surface area contributed by atoms with Crippen LogP contribution in [-0.4, -0.2) is 32.7 Å². The van der Waals surface area contributed by atoms with E-state index in [1.807, 2.05) is 54.6 Å². The normalized spacial score (nSPS) is 10.6. The van der Waals surface area contributed by atoms with E-state index in [1.165, 1.54) is 0 Å². The smallest absolute Gasteiger partial charge is 0.404 e. The number of carboxylic acid groups (broad SMARTS) is 1. The van der Waals surface area contributed by atoms with Crippen molar-refractivity contribution in [2.24, 2.45) is 0 Å². The number of nitrogens with zero attached hydrogens (tertiary/aromatic N) is 3. The first-order chi connectivity index (χ1) is 14.2. The number of aromatic nitrogens is 3. The maximum absolute atomic E-state index is 10.7. The van der Waals surface area contributed by atoms with E-state index in [-0.39, 0.29) is 0 Å². The van der Waals surface area contributed by atoms with Gasteiger partial charge in [0.2, 0.25) is 0 Å². The highest BCUT2D eigenvalue weighted by molar-refractivity contribution is 5.95. The minimum atomic E-state index is -1.02. The predicted octanol–water partition coefficient (Wildman–Crippen LogP) is 4.25. The first-order valence-corrected chi connectivity index (χ1v) is 9.18. The third kappa shape index (κ3) is 4.47. The Morgan fingerprint density at radius 1 is 1.03 bits per heavy atom. The molecule has 2 heterocycles. The molecular weight excluding hydrogens is 366 g/mol. The molecule has 0 spiro atoms. The zero-order valence-corrected chi connectivity index (χ0v) is 15.5. The summed E-state index contributed by atoms with van der Waals surface area (Å²) < 4.78 is 0. The molecule has 0 aliphatic carbocycles. The predicted molar refractivity (Wildman–Crippen MR) is 112 cm³/mol. The van der Waals surface area contributed by atoms with Crippen molar-refractivity contribution >= 4 is 28.5 Å². The minimum Gasteiger partial charge on any atom is -0.465 e. The van der Waals surface area contributed by atoms with Crippen molar-refractivity contribution in [3.05, 3.63) is 78.8 Å². The Bertz CT molecular complexity index is 1150. The van der Waals surface area contributed by atoms with Crippen LogP contribution in [0, 0.1) is 0 Å². The Labute approximate surface area is 167 Å². The summed E-state index contributed by atoms with van der Waals surface area (Å²) in [5, 5.41) is 16.4. The maximum Gasteiger partial charge on any atom is 0.404 e. The third-order valence-electron chi connectivity index (χ3n) is 4.46. The molecule has 0 bridgehead atoms. The van der Waals surface area contributed by atoms with Crippen molar-refractivity contribution in [1.29, 1.82) is 0 Å². The summed E-state index contributed by atoms with van der Waals surface area (Å²) in [5.74, 6) is 1.33. The van der Waals surface area contributed by atoms with Crippen LogP contribution in [0.25, 0.3) is 22.0 Å². The van der Waals surface area contributed by atoms with Crippen molar-refractivity contribution in [3.63, 3.8) is 0 Å². The van der Waals surface area contributed by atoms with Gasteiger partial charge in [0.1, 0.15) is 11.6 Å². The van der Waals surface area contributed by atoms with Gasteiger partial charge in [0.15, 0.2) is 0 Å². The molecule has 4 aromatic rings. The molecule has 4 rings (SSSR count). The summed E-state index contributed by atoms with van der Waals surface area (Å²) in [4.78, 5) is 23.9. The fourth-order valence-corrected chi connectivity index (χ4v) is 3.13. The van der Waals surface area contributed by atoms with Gasteiger partial charge in [-0.25, -0.2) is 14.8 Å². The van der Waals surface area contributed by atoms with Crippen LogP contribution < -0.4 is 10.6 Å². The molecule has 0 aliphatic rings. The molecule has 29 heavy (non-hydrogen) atoms. The van der Waals surface area contributed by atoms with Crippen LogP contribution in [0.15, 0.2) is 73.2 Å². The molecular formula is C22H19N5O2. The number of rotatable bonds is 6. The lowest BCUT2D eigenvalue weighted by atomic mass is 10.0. The second kappa shape index (κ2) is 8.35. The standard InChI is InChI=1S/C22H19N5O2/c28-22(29)25-9-8-15-4-3-6-17(12-15)19-13-16-5-1-2-7-18(16)21(26-19)27-20-14-23-10-11-24-20/h1-7,10-14,25H,8-9H2,(H,28,29)(H,24,26,27). The molecule has 0 saturated heterocycles. The van der Waals surface area contributed by atoms with Gasteiger partial charge >= 0.3 is 6.09 Å². The third-order valence-corrected chi connectivity index (χ3v) is 4.46. The van der Waals surface area contributed by atoms with Gasteiger partial charge in [-0.15, -0.1) is 0 Å². The zero-order chi connectivity index (χ0) is 20.1. The Kier molecular flexibility index (Phi) is 5.29. The average molecular weight is 385 g/mol. The van der Waals surface area contributed by atoms with Gasteiger partial charge in [0.05, 0.1) is 11.9 Å². The lowest BCUT2D eigenvalue weighted by Crippen LogP contribution is -2.23. The molecule has 0 radical (unpaired) electrons. The zero-order valence-electron chi connectivity index (χ0n) is 15.5. The quantitative estimate of drug-likeness (QED) is 0.459. The van der Waals surface area contributed by atoms with Crippen molar-refractivity contribution in [2.75, 3.05) is 11.9 Å². The van der Waals surface area contributed by atoms with E-state index < -0.39 is 6.09 Å². The summed E-state index contributed by atoms with van der Waals surface area (Å²) in [7, 11) is 0. The largest absolute Gasteiger partial charge is 0.465 e. The number of pyridine rings is 1. The van der Waals surface area contributed by atoms with Crippen molar-refractivity contribution in [2.45, 2.75) is 6.42 Å². The van der Waals surface area contributed by atoms with Crippen LogP contribution in [0.5, 0.6) is 0 Å². The van der Waals surface area contributed by atoms with Gasteiger partial charge in [-0.2, -0.15) is 0 Å².